The highest BCUT2D eigenvalue weighted by Crippen LogP contribution is 2.62. The summed E-state index contributed by atoms with van der Waals surface area (Å²) in [5, 5.41) is 13.2. The second-order valence-electron chi connectivity index (χ2n) is 8.99. The molecule has 0 saturated heterocycles. The van der Waals surface area contributed by atoms with E-state index in [1.165, 1.54) is 6.42 Å². The maximum Gasteiger partial charge on any atom is 0.228 e. The van der Waals surface area contributed by atoms with Crippen molar-refractivity contribution in [3.05, 3.63) is 29.8 Å². The van der Waals surface area contributed by atoms with Gasteiger partial charge in [-0.05, 0) is 56.4 Å². The minimum Gasteiger partial charge on any atom is -0.508 e. The summed E-state index contributed by atoms with van der Waals surface area (Å²) in [4.78, 5) is 27.0. The molecule has 0 aromatic heterocycles. The normalized spacial score (nSPS) is 34.5. The van der Waals surface area contributed by atoms with Gasteiger partial charge in [0.25, 0.3) is 0 Å². The average Bonchev–Trinajstić information content (AvgIpc) is 2.53. The molecule has 4 aliphatic carbocycles. The minimum atomic E-state index is -0.355. The van der Waals surface area contributed by atoms with Crippen molar-refractivity contribution in [2.75, 3.05) is 7.05 Å². The van der Waals surface area contributed by atoms with E-state index in [-0.39, 0.29) is 28.5 Å². The van der Waals surface area contributed by atoms with E-state index in [9.17, 15) is 14.7 Å². The number of nitrogens with one attached hydrogen (secondary N) is 1. The molecule has 4 aliphatic rings. The molecule has 2 N–H and O–H groups in total. The number of para-hydroxylation sites is 1. The molecule has 5 heteroatoms. The van der Waals surface area contributed by atoms with E-state index in [1.807, 2.05) is 19.2 Å². The van der Waals surface area contributed by atoms with Crippen LogP contribution in [0.15, 0.2) is 24.3 Å². The van der Waals surface area contributed by atoms with Gasteiger partial charge in [-0.2, -0.15) is 0 Å². The van der Waals surface area contributed by atoms with E-state index < -0.39 is 0 Å². The smallest absolute Gasteiger partial charge is 0.228 e. The predicted octanol–water partition coefficient (Wildman–Crippen LogP) is 2.83. The molecule has 1 aromatic rings. The minimum absolute atomic E-state index is 0.0112. The van der Waals surface area contributed by atoms with Gasteiger partial charge < -0.3 is 15.3 Å². The Balaban J connectivity index is 1.57. The number of carbonyl (C=O) groups is 2. The Bertz CT molecular complexity index is 731. The monoisotopic (exact) mass is 356 g/mol. The van der Waals surface area contributed by atoms with Crippen LogP contribution in [-0.2, 0) is 16.1 Å². The van der Waals surface area contributed by atoms with Crippen molar-refractivity contribution < 1.29 is 14.7 Å². The van der Waals surface area contributed by atoms with E-state index in [0.717, 1.165) is 37.7 Å². The van der Waals surface area contributed by atoms with Crippen molar-refractivity contribution in [3.8, 4) is 5.75 Å². The SMILES string of the molecule is CC(=O)NC12CC3CC(C1)CC(C(=O)N(C)Cc1ccccc1O)(C3)C2. The van der Waals surface area contributed by atoms with Crippen LogP contribution in [0.1, 0.15) is 51.0 Å². The van der Waals surface area contributed by atoms with Gasteiger partial charge in [-0.1, -0.05) is 18.2 Å². The van der Waals surface area contributed by atoms with Gasteiger partial charge >= 0.3 is 0 Å². The maximum atomic E-state index is 13.5. The maximum absolute atomic E-state index is 13.5. The summed E-state index contributed by atoms with van der Waals surface area (Å²) in [7, 11) is 1.83. The second kappa shape index (κ2) is 6.00. The Hall–Kier alpha value is -2.04. The molecular formula is C21H28N2O3. The molecule has 4 saturated carbocycles. The molecule has 0 radical (unpaired) electrons. The first-order chi connectivity index (χ1) is 12.3. The summed E-state index contributed by atoms with van der Waals surface area (Å²) in [6, 6.07) is 7.18. The molecule has 5 rings (SSSR count). The third-order valence-corrected chi connectivity index (χ3v) is 6.70. The van der Waals surface area contributed by atoms with Gasteiger partial charge in [0.1, 0.15) is 5.75 Å². The molecule has 0 aliphatic heterocycles. The zero-order valence-electron chi connectivity index (χ0n) is 15.6. The van der Waals surface area contributed by atoms with E-state index in [0.29, 0.717) is 18.4 Å². The molecule has 2 atom stereocenters. The van der Waals surface area contributed by atoms with Gasteiger partial charge in [0.15, 0.2) is 0 Å². The quantitative estimate of drug-likeness (QED) is 0.872. The Morgan fingerprint density at radius 1 is 1.19 bits per heavy atom. The van der Waals surface area contributed by atoms with Crippen LogP contribution in [0, 0.1) is 17.3 Å². The van der Waals surface area contributed by atoms with Gasteiger partial charge in [0.2, 0.25) is 11.8 Å². The number of hydrogen-bond acceptors (Lipinski definition) is 3. The van der Waals surface area contributed by atoms with Gasteiger partial charge in [-0.15, -0.1) is 0 Å². The third kappa shape index (κ3) is 2.87. The first-order valence-electron chi connectivity index (χ1n) is 9.62. The number of aromatic hydroxyl groups is 1. The Kier molecular flexibility index (Phi) is 4.01. The molecule has 2 amide bonds. The molecule has 140 valence electrons. The van der Waals surface area contributed by atoms with Crippen molar-refractivity contribution in [2.45, 2.75) is 57.5 Å². The second-order valence-corrected chi connectivity index (χ2v) is 8.99. The van der Waals surface area contributed by atoms with E-state index >= 15 is 0 Å². The van der Waals surface area contributed by atoms with Crippen molar-refractivity contribution >= 4 is 11.8 Å². The number of hydrogen-bond donors (Lipinski definition) is 2. The number of carbonyl (C=O) groups excluding carboxylic acids is 2. The summed E-state index contributed by atoms with van der Waals surface area (Å²) in [5.41, 5.74) is 0.220. The predicted molar refractivity (Wildman–Crippen MR) is 98.2 cm³/mol. The summed E-state index contributed by atoms with van der Waals surface area (Å²) in [6.07, 6.45) is 5.86. The van der Waals surface area contributed by atoms with Crippen molar-refractivity contribution in [3.63, 3.8) is 0 Å². The van der Waals surface area contributed by atoms with Crippen molar-refractivity contribution in [1.82, 2.24) is 10.2 Å². The molecule has 0 spiro atoms. The molecule has 5 nitrogen and oxygen atoms in total. The largest absolute Gasteiger partial charge is 0.508 e. The number of phenols is 1. The summed E-state index contributed by atoms with van der Waals surface area (Å²) in [6.45, 7) is 1.99. The highest BCUT2D eigenvalue weighted by Gasteiger charge is 2.61. The highest BCUT2D eigenvalue weighted by molar-refractivity contribution is 5.84. The summed E-state index contributed by atoms with van der Waals surface area (Å²) in [5.74, 6) is 1.48. The zero-order chi connectivity index (χ0) is 18.5. The average molecular weight is 356 g/mol. The Morgan fingerprint density at radius 3 is 2.46 bits per heavy atom. The van der Waals surface area contributed by atoms with E-state index in [2.05, 4.69) is 5.32 Å². The van der Waals surface area contributed by atoms with Crippen LogP contribution < -0.4 is 5.32 Å². The van der Waals surface area contributed by atoms with Crippen LogP contribution in [0.5, 0.6) is 5.75 Å². The third-order valence-electron chi connectivity index (χ3n) is 6.70. The topological polar surface area (TPSA) is 69.6 Å². The van der Waals surface area contributed by atoms with Crippen LogP contribution in [0.4, 0.5) is 0 Å². The zero-order valence-corrected chi connectivity index (χ0v) is 15.6. The van der Waals surface area contributed by atoms with E-state index in [4.69, 9.17) is 0 Å². The highest BCUT2D eigenvalue weighted by atomic mass is 16.3. The molecule has 4 bridgehead atoms. The lowest BCUT2D eigenvalue weighted by atomic mass is 9.46. The van der Waals surface area contributed by atoms with Gasteiger partial charge in [0, 0.05) is 31.6 Å². The number of nitrogens with zero attached hydrogens (tertiary/aromatic N) is 1. The molecule has 0 heterocycles. The number of phenolic OH excluding ortho intramolecular Hbond substituents is 1. The lowest BCUT2D eigenvalue weighted by Crippen LogP contribution is -2.65. The number of amides is 2. The van der Waals surface area contributed by atoms with Crippen molar-refractivity contribution in [2.24, 2.45) is 17.3 Å². The lowest BCUT2D eigenvalue weighted by molar-refractivity contribution is -0.162. The fourth-order valence-electron chi connectivity index (χ4n) is 6.41. The lowest BCUT2D eigenvalue weighted by Gasteiger charge is -2.61. The number of benzene rings is 1. The molecule has 1 aromatic carbocycles. The van der Waals surface area contributed by atoms with Gasteiger partial charge in [0.05, 0.1) is 5.41 Å². The fraction of sp³-hybridized carbons (Fsp3) is 0.619. The van der Waals surface area contributed by atoms with Crippen LogP contribution in [0.25, 0.3) is 0 Å². The Labute approximate surface area is 154 Å². The first kappa shape index (κ1) is 17.4. The van der Waals surface area contributed by atoms with Crippen molar-refractivity contribution in [1.29, 1.82) is 0 Å². The summed E-state index contributed by atoms with van der Waals surface area (Å²) >= 11 is 0. The number of rotatable bonds is 4. The van der Waals surface area contributed by atoms with Gasteiger partial charge in [-0.25, -0.2) is 0 Å². The van der Waals surface area contributed by atoms with E-state index in [1.54, 1.807) is 24.0 Å². The molecule has 2 unspecified atom stereocenters. The Morgan fingerprint density at radius 2 is 1.85 bits per heavy atom. The molecule has 4 fully saturated rings. The standard InChI is InChI=1S/C21H28N2O3/c1-14(24)22-21-10-15-7-16(11-21)9-20(8-15,13-21)19(26)23(2)12-17-5-3-4-6-18(17)25/h3-6,15-16,25H,7-13H2,1-2H3,(H,22,24). The van der Waals surface area contributed by atoms with Crippen LogP contribution >= 0.6 is 0 Å². The molecule has 26 heavy (non-hydrogen) atoms. The van der Waals surface area contributed by atoms with Crippen LogP contribution in [-0.4, -0.2) is 34.4 Å². The fourth-order valence-corrected chi connectivity index (χ4v) is 6.41. The van der Waals surface area contributed by atoms with Gasteiger partial charge in [-0.3, -0.25) is 9.59 Å². The van der Waals surface area contributed by atoms with Crippen LogP contribution in [0.3, 0.4) is 0 Å². The molecular weight excluding hydrogens is 328 g/mol. The van der Waals surface area contributed by atoms with Crippen LogP contribution in [0.2, 0.25) is 0 Å². The summed E-state index contributed by atoms with van der Waals surface area (Å²) < 4.78 is 0. The first-order valence-corrected chi connectivity index (χ1v) is 9.62.